The Morgan fingerprint density at radius 1 is 1.35 bits per heavy atom. The van der Waals surface area contributed by atoms with E-state index >= 15 is 0 Å². The van der Waals surface area contributed by atoms with Crippen molar-refractivity contribution in [3.8, 4) is 0 Å². The molecule has 5 heteroatoms. The predicted octanol–water partition coefficient (Wildman–Crippen LogP) is 2.75. The number of rotatable bonds is 5. The highest BCUT2D eigenvalue weighted by atomic mass is 16.2. The molecule has 1 fully saturated rings. The summed E-state index contributed by atoms with van der Waals surface area (Å²) in [6.45, 7) is 7.55. The molecule has 1 N–H and O–H groups in total. The molecule has 0 bridgehead atoms. The second kappa shape index (κ2) is 8.04. The summed E-state index contributed by atoms with van der Waals surface area (Å²) in [5, 5.41) is 8.05. The van der Waals surface area contributed by atoms with Gasteiger partial charge in [0, 0.05) is 44.4 Å². The summed E-state index contributed by atoms with van der Waals surface area (Å²) in [5.41, 5.74) is 4.98. The van der Waals surface area contributed by atoms with Crippen LogP contribution in [0.25, 0.3) is 0 Å². The first kappa shape index (κ1) is 18.6. The lowest BCUT2D eigenvalue weighted by atomic mass is 9.90. The highest BCUT2D eigenvalue weighted by Gasteiger charge is 2.32. The molecule has 0 aliphatic carbocycles. The van der Waals surface area contributed by atoms with Gasteiger partial charge >= 0.3 is 0 Å². The zero-order valence-corrected chi connectivity index (χ0v) is 16.3. The summed E-state index contributed by atoms with van der Waals surface area (Å²) in [6.07, 6.45) is 4.97. The van der Waals surface area contributed by atoms with Crippen molar-refractivity contribution in [2.75, 3.05) is 6.54 Å². The fourth-order valence-electron chi connectivity index (χ4n) is 3.98. The van der Waals surface area contributed by atoms with E-state index in [2.05, 4.69) is 53.4 Å². The quantitative estimate of drug-likeness (QED) is 0.898. The van der Waals surface area contributed by atoms with E-state index in [9.17, 15) is 4.79 Å². The maximum absolute atomic E-state index is 12.2. The Morgan fingerprint density at radius 2 is 2.15 bits per heavy atom. The molecule has 1 amide bonds. The zero-order valence-electron chi connectivity index (χ0n) is 16.3. The lowest BCUT2D eigenvalue weighted by molar-refractivity contribution is -0.133. The molecule has 3 rings (SSSR count). The van der Waals surface area contributed by atoms with Crippen LogP contribution in [0, 0.1) is 13.8 Å². The molecule has 0 unspecified atom stereocenters. The third-order valence-electron chi connectivity index (χ3n) is 5.60. The van der Waals surface area contributed by atoms with Crippen molar-refractivity contribution in [3.63, 3.8) is 0 Å². The number of carbonyl (C=O) groups excluding carboxylic acids is 1. The minimum Gasteiger partial charge on any atom is -0.338 e. The first-order chi connectivity index (χ1) is 12.5. The molecular formula is C21H30N4O. The van der Waals surface area contributed by atoms with Gasteiger partial charge in [0.15, 0.2) is 0 Å². The van der Waals surface area contributed by atoms with Gasteiger partial charge in [0.25, 0.3) is 0 Å². The molecule has 5 nitrogen and oxygen atoms in total. The number of likely N-dealkylation sites (tertiary alicyclic amines) is 1. The third kappa shape index (κ3) is 4.15. The molecule has 1 aromatic carbocycles. The minimum absolute atomic E-state index is 0.173. The monoisotopic (exact) mass is 354 g/mol. The Hall–Kier alpha value is -2.14. The predicted molar refractivity (Wildman–Crippen MR) is 104 cm³/mol. The number of hydrogen-bond donors (Lipinski definition) is 1. The molecule has 1 aliphatic heterocycles. The SMILES string of the molecule is CC(=O)N1CCC[C@H](NCc2cnn(C)c2C)[C@@H]1Cc1cccc(C)c1. The van der Waals surface area contributed by atoms with E-state index in [4.69, 9.17) is 0 Å². The lowest BCUT2D eigenvalue weighted by Crippen LogP contribution is -2.56. The van der Waals surface area contributed by atoms with Crippen molar-refractivity contribution in [1.29, 1.82) is 0 Å². The molecular weight excluding hydrogens is 324 g/mol. The van der Waals surface area contributed by atoms with Gasteiger partial charge in [-0.1, -0.05) is 29.8 Å². The fraction of sp³-hybridized carbons (Fsp3) is 0.524. The van der Waals surface area contributed by atoms with Crippen molar-refractivity contribution in [1.82, 2.24) is 20.0 Å². The maximum Gasteiger partial charge on any atom is 0.219 e. The summed E-state index contributed by atoms with van der Waals surface area (Å²) >= 11 is 0. The van der Waals surface area contributed by atoms with Crippen LogP contribution in [0.1, 0.15) is 42.1 Å². The van der Waals surface area contributed by atoms with E-state index in [1.54, 1.807) is 6.92 Å². The number of aryl methyl sites for hydroxylation is 2. The van der Waals surface area contributed by atoms with Gasteiger partial charge in [-0.15, -0.1) is 0 Å². The molecule has 0 spiro atoms. The van der Waals surface area contributed by atoms with Crippen LogP contribution in [0.2, 0.25) is 0 Å². The smallest absolute Gasteiger partial charge is 0.219 e. The summed E-state index contributed by atoms with van der Waals surface area (Å²) in [5.74, 6) is 0.173. The average molecular weight is 354 g/mol. The van der Waals surface area contributed by atoms with Crippen LogP contribution < -0.4 is 5.32 Å². The van der Waals surface area contributed by atoms with Crippen LogP contribution in [-0.2, 0) is 24.8 Å². The van der Waals surface area contributed by atoms with Crippen LogP contribution in [0.4, 0.5) is 0 Å². The summed E-state index contributed by atoms with van der Waals surface area (Å²) in [4.78, 5) is 14.3. The number of piperidine rings is 1. The van der Waals surface area contributed by atoms with Gasteiger partial charge in [-0.3, -0.25) is 9.48 Å². The Kier molecular flexibility index (Phi) is 5.77. The van der Waals surface area contributed by atoms with Crippen molar-refractivity contribution in [2.45, 2.75) is 58.7 Å². The lowest BCUT2D eigenvalue weighted by Gasteiger charge is -2.41. The molecule has 1 aromatic heterocycles. The molecule has 2 atom stereocenters. The molecule has 0 saturated carbocycles. The van der Waals surface area contributed by atoms with E-state index in [0.717, 1.165) is 32.4 Å². The molecule has 2 heterocycles. The van der Waals surface area contributed by atoms with E-state index in [0.29, 0.717) is 6.04 Å². The molecule has 140 valence electrons. The zero-order chi connectivity index (χ0) is 18.7. The average Bonchev–Trinajstić information content (AvgIpc) is 2.92. The van der Waals surface area contributed by atoms with Gasteiger partial charge in [-0.05, 0) is 38.7 Å². The Morgan fingerprint density at radius 3 is 2.81 bits per heavy atom. The topological polar surface area (TPSA) is 50.2 Å². The number of aromatic nitrogens is 2. The van der Waals surface area contributed by atoms with Crippen LogP contribution in [0.15, 0.2) is 30.5 Å². The number of benzene rings is 1. The maximum atomic E-state index is 12.2. The van der Waals surface area contributed by atoms with E-state index in [-0.39, 0.29) is 11.9 Å². The van der Waals surface area contributed by atoms with Crippen LogP contribution in [-0.4, -0.2) is 39.2 Å². The molecule has 1 aliphatic rings. The Balaban J connectivity index is 1.76. The van der Waals surface area contributed by atoms with E-state index < -0.39 is 0 Å². The molecule has 26 heavy (non-hydrogen) atoms. The van der Waals surface area contributed by atoms with Gasteiger partial charge < -0.3 is 10.2 Å². The first-order valence-electron chi connectivity index (χ1n) is 9.49. The van der Waals surface area contributed by atoms with Gasteiger partial charge in [0.1, 0.15) is 0 Å². The number of hydrogen-bond acceptors (Lipinski definition) is 3. The first-order valence-corrected chi connectivity index (χ1v) is 9.49. The van der Waals surface area contributed by atoms with Crippen LogP contribution >= 0.6 is 0 Å². The third-order valence-corrected chi connectivity index (χ3v) is 5.60. The van der Waals surface area contributed by atoms with E-state index in [1.807, 2.05) is 17.9 Å². The summed E-state index contributed by atoms with van der Waals surface area (Å²) in [6, 6.07) is 9.12. The number of nitrogens with one attached hydrogen (secondary N) is 1. The van der Waals surface area contributed by atoms with E-state index in [1.165, 1.54) is 22.4 Å². The second-order valence-corrected chi connectivity index (χ2v) is 7.48. The van der Waals surface area contributed by atoms with Crippen molar-refractivity contribution in [3.05, 3.63) is 52.8 Å². The van der Waals surface area contributed by atoms with Crippen molar-refractivity contribution in [2.24, 2.45) is 7.05 Å². The minimum atomic E-state index is 0.173. The highest BCUT2D eigenvalue weighted by molar-refractivity contribution is 5.73. The largest absolute Gasteiger partial charge is 0.338 e. The van der Waals surface area contributed by atoms with Gasteiger partial charge in [-0.2, -0.15) is 5.10 Å². The van der Waals surface area contributed by atoms with Crippen molar-refractivity contribution >= 4 is 5.91 Å². The van der Waals surface area contributed by atoms with Crippen LogP contribution in [0.5, 0.6) is 0 Å². The normalized spacial score (nSPS) is 20.4. The van der Waals surface area contributed by atoms with Crippen molar-refractivity contribution < 1.29 is 4.79 Å². The highest BCUT2D eigenvalue weighted by Crippen LogP contribution is 2.23. The summed E-state index contributed by atoms with van der Waals surface area (Å²) < 4.78 is 1.91. The van der Waals surface area contributed by atoms with Crippen LogP contribution in [0.3, 0.4) is 0 Å². The Labute approximate surface area is 156 Å². The fourth-order valence-corrected chi connectivity index (χ4v) is 3.98. The number of nitrogens with zero attached hydrogens (tertiary/aromatic N) is 3. The van der Waals surface area contributed by atoms with Gasteiger partial charge in [-0.25, -0.2) is 0 Å². The number of carbonyl (C=O) groups is 1. The summed E-state index contributed by atoms with van der Waals surface area (Å²) in [7, 11) is 1.97. The molecule has 1 saturated heterocycles. The number of amides is 1. The second-order valence-electron chi connectivity index (χ2n) is 7.48. The Bertz CT molecular complexity index is 767. The van der Waals surface area contributed by atoms with Gasteiger partial charge in [0.05, 0.1) is 12.2 Å². The van der Waals surface area contributed by atoms with Gasteiger partial charge in [0.2, 0.25) is 5.91 Å². The molecule has 0 radical (unpaired) electrons. The standard InChI is InChI=1S/C21H30N4O/c1-15-7-5-8-18(11-15)12-21-20(9-6-10-25(21)17(3)26)22-13-19-14-23-24(4)16(19)2/h5,7-8,11,14,20-22H,6,9-10,12-13H2,1-4H3/t20-,21-/m0/s1. The molecule has 2 aromatic rings.